The average molecular weight is 475 g/mol. The number of aromatic hydroxyl groups is 1. The lowest BCUT2D eigenvalue weighted by Crippen LogP contribution is -2.12. The number of fused-ring (bicyclic) bond motifs is 1. The number of benzene rings is 4. The first kappa shape index (κ1) is 23.1. The van der Waals surface area contributed by atoms with E-state index in [1.54, 1.807) is 18.2 Å². The van der Waals surface area contributed by atoms with E-state index in [4.69, 9.17) is 10.7 Å². The Hall–Kier alpha value is -4.68. The van der Waals surface area contributed by atoms with Crippen molar-refractivity contribution >= 4 is 28.2 Å². The molecule has 0 aliphatic heterocycles. The van der Waals surface area contributed by atoms with Gasteiger partial charge in [-0.05, 0) is 35.4 Å². The van der Waals surface area contributed by atoms with Crippen molar-refractivity contribution in [2.75, 3.05) is 0 Å². The summed E-state index contributed by atoms with van der Waals surface area (Å²) >= 11 is 0. The van der Waals surface area contributed by atoms with Gasteiger partial charge < -0.3 is 21.1 Å². The minimum absolute atomic E-state index is 0.0176. The van der Waals surface area contributed by atoms with E-state index in [0.29, 0.717) is 22.4 Å². The molecule has 5 N–H and O–H groups in total. The minimum Gasteiger partial charge on any atom is -0.494 e. The van der Waals surface area contributed by atoms with Gasteiger partial charge in [-0.25, -0.2) is 4.99 Å². The Morgan fingerprint density at radius 3 is 2.11 bits per heavy atom. The number of carbonyl (C=O) groups is 1. The van der Waals surface area contributed by atoms with Gasteiger partial charge in [0.15, 0.2) is 5.88 Å². The first-order chi connectivity index (χ1) is 17.6. The van der Waals surface area contributed by atoms with Crippen LogP contribution >= 0.6 is 0 Å². The van der Waals surface area contributed by atoms with Gasteiger partial charge in [-0.2, -0.15) is 0 Å². The summed E-state index contributed by atoms with van der Waals surface area (Å²) in [5.74, 6) is -0.543. The van der Waals surface area contributed by atoms with Gasteiger partial charge in [0, 0.05) is 35.1 Å². The zero-order chi connectivity index (χ0) is 24.9. The Bertz CT molecular complexity index is 1520. The molecule has 6 heteroatoms. The zero-order valence-corrected chi connectivity index (χ0v) is 19.6. The monoisotopic (exact) mass is 474 g/mol. The van der Waals surface area contributed by atoms with Gasteiger partial charge in [0.1, 0.15) is 0 Å². The molecule has 4 aromatic carbocycles. The lowest BCUT2D eigenvalue weighted by molar-refractivity contribution is 0.100. The van der Waals surface area contributed by atoms with Crippen LogP contribution in [0.4, 0.5) is 5.69 Å². The van der Waals surface area contributed by atoms with E-state index in [0.717, 1.165) is 35.3 Å². The van der Waals surface area contributed by atoms with Gasteiger partial charge in [-0.1, -0.05) is 78.9 Å². The van der Waals surface area contributed by atoms with E-state index in [9.17, 15) is 9.90 Å². The number of carbonyl (C=O) groups excluding carboxylic acids is 1. The number of primary amides is 1. The molecule has 0 spiro atoms. The Balaban J connectivity index is 1.46. The number of aromatic amines is 1. The highest BCUT2D eigenvalue weighted by Crippen LogP contribution is 2.32. The largest absolute Gasteiger partial charge is 0.494 e. The van der Waals surface area contributed by atoms with Crippen LogP contribution in [0.3, 0.4) is 0 Å². The van der Waals surface area contributed by atoms with Crippen LogP contribution in [-0.2, 0) is 13.1 Å². The smallest absolute Gasteiger partial charge is 0.248 e. The summed E-state index contributed by atoms with van der Waals surface area (Å²) < 4.78 is 0. The molecule has 5 aromatic rings. The normalized spacial score (nSPS) is 11.6. The fourth-order valence-corrected chi connectivity index (χ4v) is 4.20. The molecule has 1 aromatic heterocycles. The number of H-pyrrole nitrogens is 1. The number of amides is 1. The van der Waals surface area contributed by atoms with Crippen molar-refractivity contribution in [3.8, 4) is 5.88 Å². The van der Waals surface area contributed by atoms with Crippen LogP contribution in [0.25, 0.3) is 10.9 Å². The molecule has 6 nitrogen and oxygen atoms in total. The Morgan fingerprint density at radius 1 is 0.806 bits per heavy atom. The SMILES string of the molecule is NC(=O)c1ccc2c(C(=Nc3ccc(CNCc4ccccc4)cc3)c3ccccc3)c(O)[nH]c2c1. The quantitative estimate of drug-likeness (QED) is 0.225. The summed E-state index contributed by atoms with van der Waals surface area (Å²) in [4.78, 5) is 19.5. The van der Waals surface area contributed by atoms with Crippen LogP contribution in [0.15, 0.2) is 108 Å². The zero-order valence-electron chi connectivity index (χ0n) is 19.6. The Labute approximate surface area is 209 Å². The molecule has 5 rings (SSSR count). The predicted molar refractivity (Wildman–Crippen MR) is 144 cm³/mol. The van der Waals surface area contributed by atoms with Crippen LogP contribution in [0.2, 0.25) is 0 Å². The maximum atomic E-state index is 11.6. The molecule has 0 saturated heterocycles. The highest BCUT2D eigenvalue weighted by Gasteiger charge is 2.19. The summed E-state index contributed by atoms with van der Waals surface area (Å²) in [6, 6.07) is 33.1. The van der Waals surface area contributed by atoms with Gasteiger partial charge in [0.25, 0.3) is 0 Å². The standard InChI is InChI=1S/C30H26N4O2/c31-29(35)23-13-16-25-26(17-23)34-30(36)27(25)28(22-9-5-2-6-10-22)33-24-14-11-21(12-15-24)19-32-18-20-7-3-1-4-8-20/h1-17,32,34,36H,18-19H2,(H2,31,35). The second kappa shape index (κ2) is 10.3. The molecule has 0 aliphatic carbocycles. The summed E-state index contributed by atoms with van der Waals surface area (Å²) in [5.41, 5.74) is 11.6. The molecule has 0 saturated carbocycles. The molecule has 1 heterocycles. The summed E-state index contributed by atoms with van der Waals surface area (Å²) in [7, 11) is 0. The van der Waals surface area contributed by atoms with Crippen LogP contribution < -0.4 is 11.1 Å². The highest BCUT2D eigenvalue weighted by molar-refractivity contribution is 6.22. The topological polar surface area (TPSA) is 104 Å². The summed E-state index contributed by atoms with van der Waals surface area (Å²) in [5, 5.41) is 15.1. The number of nitrogens with zero attached hydrogens (tertiary/aromatic N) is 1. The van der Waals surface area contributed by atoms with Gasteiger partial charge >= 0.3 is 0 Å². The number of hydrogen-bond donors (Lipinski definition) is 4. The van der Waals surface area contributed by atoms with Crippen LogP contribution in [0.5, 0.6) is 5.88 Å². The molecule has 0 unspecified atom stereocenters. The summed E-state index contributed by atoms with van der Waals surface area (Å²) in [6.07, 6.45) is 0. The maximum absolute atomic E-state index is 11.6. The van der Waals surface area contributed by atoms with E-state index in [1.807, 2.05) is 72.8 Å². The number of hydrogen-bond acceptors (Lipinski definition) is 4. The molecule has 178 valence electrons. The van der Waals surface area contributed by atoms with Crippen molar-refractivity contribution in [3.05, 3.63) is 131 Å². The third kappa shape index (κ3) is 5.04. The number of nitrogens with two attached hydrogens (primary N) is 1. The van der Waals surface area contributed by atoms with Crippen molar-refractivity contribution in [1.29, 1.82) is 0 Å². The molecule has 0 fully saturated rings. The first-order valence-electron chi connectivity index (χ1n) is 11.7. The fourth-order valence-electron chi connectivity index (χ4n) is 4.20. The highest BCUT2D eigenvalue weighted by atomic mass is 16.3. The van der Waals surface area contributed by atoms with Crippen LogP contribution in [0.1, 0.15) is 32.6 Å². The molecule has 0 radical (unpaired) electrons. The summed E-state index contributed by atoms with van der Waals surface area (Å²) in [6.45, 7) is 1.55. The van der Waals surface area contributed by atoms with Gasteiger partial charge in [0.2, 0.25) is 5.91 Å². The third-order valence-corrected chi connectivity index (χ3v) is 6.03. The number of nitrogens with one attached hydrogen (secondary N) is 2. The lowest BCUT2D eigenvalue weighted by atomic mass is 10.00. The van der Waals surface area contributed by atoms with Gasteiger partial charge in [-0.15, -0.1) is 0 Å². The van der Waals surface area contributed by atoms with Crippen molar-refractivity contribution < 1.29 is 9.90 Å². The van der Waals surface area contributed by atoms with Crippen molar-refractivity contribution in [1.82, 2.24) is 10.3 Å². The number of rotatable bonds is 8. The maximum Gasteiger partial charge on any atom is 0.248 e. The molecule has 36 heavy (non-hydrogen) atoms. The van der Waals surface area contributed by atoms with Crippen LogP contribution in [0, 0.1) is 0 Å². The van der Waals surface area contributed by atoms with E-state index >= 15 is 0 Å². The lowest BCUT2D eigenvalue weighted by Gasteiger charge is -2.09. The molecule has 0 bridgehead atoms. The molecule has 0 aliphatic rings. The third-order valence-electron chi connectivity index (χ3n) is 6.03. The Kier molecular flexibility index (Phi) is 6.60. The Morgan fingerprint density at radius 2 is 1.44 bits per heavy atom. The minimum atomic E-state index is -0.525. The van der Waals surface area contributed by atoms with E-state index in [-0.39, 0.29) is 5.88 Å². The van der Waals surface area contributed by atoms with Gasteiger partial charge in [0.05, 0.1) is 17.0 Å². The van der Waals surface area contributed by atoms with Crippen molar-refractivity contribution in [2.24, 2.45) is 10.7 Å². The number of aromatic nitrogens is 1. The molecular weight excluding hydrogens is 448 g/mol. The molecule has 0 atom stereocenters. The molecule has 1 amide bonds. The van der Waals surface area contributed by atoms with Gasteiger partial charge in [-0.3, -0.25) is 4.79 Å². The first-order valence-corrected chi connectivity index (χ1v) is 11.7. The fraction of sp³-hybridized carbons (Fsp3) is 0.0667. The van der Waals surface area contributed by atoms with E-state index in [1.165, 1.54) is 5.56 Å². The van der Waals surface area contributed by atoms with Crippen LogP contribution in [-0.4, -0.2) is 21.7 Å². The van der Waals surface area contributed by atoms with E-state index < -0.39 is 5.91 Å². The number of aliphatic imine (C=N–C) groups is 1. The molecular formula is C30H26N4O2. The van der Waals surface area contributed by atoms with Crippen molar-refractivity contribution in [3.63, 3.8) is 0 Å². The predicted octanol–water partition coefficient (Wildman–Crippen LogP) is 5.43. The second-order valence-electron chi connectivity index (χ2n) is 8.56. The van der Waals surface area contributed by atoms with E-state index in [2.05, 4.69) is 22.4 Å². The second-order valence-corrected chi connectivity index (χ2v) is 8.56. The van der Waals surface area contributed by atoms with Crippen molar-refractivity contribution in [2.45, 2.75) is 13.1 Å². The average Bonchev–Trinajstić information content (AvgIpc) is 3.24.